The number of thiophene rings is 1. The second kappa shape index (κ2) is 6.98. The van der Waals surface area contributed by atoms with E-state index in [4.69, 9.17) is 16.3 Å². The van der Waals surface area contributed by atoms with Crippen molar-refractivity contribution in [2.75, 3.05) is 0 Å². The minimum absolute atomic E-state index is 0.0551. The number of benzene rings is 1. The Bertz CT molecular complexity index is 1020. The first-order valence-electron chi connectivity index (χ1n) is 7.79. The molecule has 0 saturated heterocycles. The van der Waals surface area contributed by atoms with Gasteiger partial charge in [0.05, 0.1) is 23.2 Å². The molecule has 0 radical (unpaired) electrons. The molecule has 0 spiro atoms. The summed E-state index contributed by atoms with van der Waals surface area (Å²) in [5.74, 6) is -0.116. The Morgan fingerprint density at radius 2 is 2.08 bits per heavy atom. The van der Waals surface area contributed by atoms with Crippen LogP contribution in [0.1, 0.15) is 22.4 Å². The second-order valence-electron chi connectivity index (χ2n) is 5.86. The van der Waals surface area contributed by atoms with Crippen LogP contribution in [0, 0.1) is 20.8 Å². The number of hydrogen-bond donors (Lipinski definition) is 0. The van der Waals surface area contributed by atoms with Crippen LogP contribution in [0.15, 0.2) is 29.3 Å². The predicted octanol–water partition coefficient (Wildman–Crippen LogP) is 4.03. The molecule has 0 aliphatic rings. The number of halogens is 1. The van der Waals surface area contributed by atoms with Gasteiger partial charge in [0.2, 0.25) is 0 Å². The lowest BCUT2D eigenvalue weighted by Gasteiger charge is -2.08. The number of aryl methyl sites for hydroxylation is 4. The molecular formula is C18H17ClN2O3S. The number of aromatic nitrogens is 2. The zero-order chi connectivity index (χ0) is 18.1. The standard InChI is InChI=1S/C18H17ClN2O3S/c1-10-4-5-13(19)14(8-10)24-15(22)6-7-21-9-20-17-16(18(21)23)11(2)12(3)25-17/h4-5,8-9H,6-7H2,1-3H3. The van der Waals surface area contributed by atoms with Crippen LogP contribution in [0.25, 0.3) is 10.2 Å². The molecule has 0 unspecified atom stereocenters. The molecule has 0 bridgehead atoms. The first-order valence-corrected chi connectivity index (χ1v) is 8.98. The van der Waals surface area contributed by atoms with Gasteiger partial charge in [-0.15, -0.1) is 11.3 Å². The van der Waals surface area contributed by atoms with Gasteiger partial charge in [-0.1, -0.05) is 17.7 Å². The van der Waals surface area contributed by atoms with Crippen molar-refractivity contribution in [1.82, 2.24) is 9.55 Å². The van der Waals surface area contributed by atoms with Crippen molar-refractivity contribution < 1.29 is 9.53 Å². The van der Waals surface area contributed by atoms with Crippen LogP contribution in [0.2, 0.25) is 5.02 Å². The highest BCUT2D eigenvalue weighted by Crippen LogP contribution is 2.26. The van der Waals surface area contributed by atoms with Crippen LogP contribution < -0.4 is 10.3 Å². The van der Waals surface area contributed by atoms with Crippen LogP contribution in [-0.2, 0) is 11.3 Å². The monoisotopic (exact) mass is 376 g/mol. The van der Waals surface area contributed by atoms with Crippen molar-refractivity contribution in [3.8, 4) is 5.75 Å². The normalized spacial score (nSPS) is 11.0. The summed E-state index contributed by atoms with van der Waals surface area (Å²) in [7, 11) is 0. The number of rotatable bonds is 4. The van der Waals surface area contributed by atoms with E-state index in [1.807, 2.05) is 26.8 Å². The zero-order valence-electron chi connectivity index (χ0n) is 14.1. The maximum absolute atomic E-state index is 12.6. The molecule has 3 aromatic rings. The van der Waals surface area contributed by atoms with E-state index in [2.05, 4.69) is 4.98 Å². The molecule has 1 aromatic carbocycles. The summed E-state index contributed by atoms with van der Waals surface area (Å²) in [5, 5.41) is 1.00. The molecule has 3 rings (SSSR count). The maximum Gasteiger partial charge on any atom is 0.313 e. The number of carbonyl (C=O) groups is 1. The Morgan fingerprint density at radius 1 is 1.32 bits per heavy atom. The maximum atomic E-state index is 12.6. The minimum atomic E-state index is -0.447. The lowest BCUT2D eigenvalue weighted by Crippen LogP contribution is -2.23. The molecule has 5 nitrogen and oxygen atoms in total. The van der Waals surface area contributed by atoms with E-state index in [9.17, 15) is 9.59 Å². The van der Waals surface area contributed by atoms with Crippen molar-refractivity contribution >= 4 is 39.1 Å². The lowest BCUT2D eigenvalue weighted by atomic mass is 10.2. The quantitative estimate of drug-likeness (QED) is 0.509. The second-order valence-corrected chi connectivity index (χ2v) is 7.47. The summed E-state index contributed by atoms with van der Waals surface area (Å²) in [4.78, 5) is 30.8. The van der Waals surface area contributed by atoms with Gasteiger partial charge >= 0.3 is 5.97 Å². The Morgan fingerprint density at radius 3 is 2.84 bits per heavy atom. The Balaban J connectivity index is 1.75. The molecule has 7 heteroatoms. The van der Waals surface area contributed by atoms with Crippen molar-refractivity contribution in [3.05, 3.63) is 55.9 Å². The average Bonchev–Trinajstić information content (AvgIpc) is 2.85. The van der Waals surface area contributed by atoms with Gasteiger partial charge in [-0.3, -0.25) is 14.2 Å². The fraction of sp³-hybridized carbons (Fsp3) is 0.278. The van der Waals surface area contributed by atoms with Gasteiger partial charge in [0.1, 0.15) is 10.6 Å². The Hall–Kier alpha value is -2.18. The lowest BCUT2D eigenvalue weighted by molar-refractivity contribution is -0.134. The highest BCUT2D eigenvalue weighted by atomic mass is 35.5. The minimum Gasteiger partial charge on any atom is -0.425 e. The number of nitrogens with zero attached hydrogens (tertiary/aromatic N) is 2. The number of ether oxygens (including phenoxy) is 1. The molecule has 130 valence electrons. The first-order chi connectivity index (χ1) is 11.9. The average molecular weight is 377 g/mol. The van der Waals surface area contributed by atoms with Crippen molar-refractivity contribution in [2.45, 2.75) is 33.7 Å². The third kappa shape index (κ3) is 3.60. The van der Waals surface area contributed by atoms with Gasteiger partial charge in [0.25, 0.3) is 5.56 Å². The van der Waals surface area contributed by atoms with Gasteiger partial charge in [0.15, 0.2) is 0 Å². The van der Waals surface area contributed by atoms with E-state index in [1.165, 1.54) is 22.2 Å². The molecule has 25 heavy (non-hydrogen) atoms. The van der Waals surface area contributed by atoms with E-state index in [0.29, 0.717) is 16.2 Å². The highest BCUT2D eigenvalue weighted by molar-refractivity contribution is 7.18. The van der Waals surface area contributed by atoms with E-state index in [1.54, 1.807) is 12.1 Å². The number of esters is 1. The van der Waals surface area contributed by atoms with Crippen molar-refractivity contribution in [1.29, 1.82) is 0 Å². The first kappa shape index (κ1) is 17.6. The molecule has 0 amide bonds. The summed E-state index contributed by atoms with van der Waals surface area (Å²) in [6.45, 7) is 5.97. The van der Waals surface area contributed by atoms with E-state index in [0.717, 1.165) is 20.8 Å². The van der Waals surface area contributed by atoms with Crippen LogP contribution in [0.4, 0.5) is 0 Å². The van der Waals surface area contributed by atoms with Crippen LogP contribution in [-0.4, -0.2) is 15.5 Å². The van der Waals surface area contributed by atoms with E-state index in [-0.39, 0.29) is 18.5 Å². The third-order valence-corrected chi connectivity index (χ3v) is 5.45. The molecule has 0 atom stereocenters. The van der Waals surface area contributed by atoms with E-state index >= 15 is 0 Å². The number of hydrogen-bond acceptors (Lipinski definition) is 5. The summed E-state index contributed by atoms with van der Waals surface area (Å²) in [5.41, 5.74) is 1.76. The Kier molecular flexibility index (Phi) is 4.92. The summed E-state index contributed by atoms with van der Waals surface area (Å²) in [6, 6.07) is 5.23. The predicted molar refractivity (Wildman–Crippen MR) is 99.8 cm³/mol. The van der Waals surface area contributed by atoms with Gasteiger partial charge in [0, 0.05) is 11.4 Å². The summed E-state index contributed by atoms with van der Waals surface area (Å²) >= 11 is 7.53. The summed E-state index contributed by atoms with van der Waals surface area (Å²) < 4.78 is 6.74. The molecule has 2 aromatic heterocycles. The molecule has 0 N–H and O–H groups in total. The molecule has 0 aliphatic heterocycles. The topological polar surface area (TPSA) is 61.2 Å². The van der Waals surface area contributed by atoms with Crippen molar-refractivity contribution in [2.24, 2.45) is 0 Å². The van der Waals surface area contributed by atoms with E-state index < -0.39 is 5.97 Å². The summed E-state index contributed by atoms with van der Waals surface area (Å²) in [6.07, 6.45) is 1.53. The highest BCUT2D eigenvalue weighted by Gasteiger charge is 2.14. The molecule has 0 fully saturated rings. The Labute approximate surface area is 153 Å². The van der Waals surface area contributed by atoms with Gasteiger partial charge in [-0.2, -0.15) is 0 Å². The number of fused-ring (bicyclic) bond motifs is 1. The number of carbonyl (C=O) groups excluding carboxylic acids is 1. The van der Waals surface area contributed by atoms with Crippen molar-refractivity contribution in [3.63, 3.8) is 0 Å². The van der Waals surface area contributed by atoms with Gasteiger partial charge in [-0.05, 0) is 44.0 Å². The fourth-order valence-electron chi connectivity index (χ4n) is 2.50. The largest absolute Gasteiger partial charge is 0.425 e. The van der Waals surface area contributed by atoms with Crippen LogP contribution in [0.5, 0.6) is 5.75 Å². The van der Waals surface area contributed by atoms with Crippen LogP contribution >= 0.6 is 22.9 Å². The molecule has 0 saturated carbocycles. The smallest absolute Gasteiger partial charge is 0.313 e. The zero-order valence-corrected chi connectivity index (χ0v) is 15.7. The SMILES string of the molecule is Cc1ccc(Cl)c(OC(=O)CCn2cnc3sc(C)c(C)c3c2=O)c1. The fourth-order valence-corrected chi connectivity index (χ4v) is 3.65. The van der Waals surface area contributed by atoms with Gasteiger partial charge in [-0.25, -0.2) is 4.98 Å². The third-order valence-electron chi connectivity index (χ3n) is 4.02. The molecule has 2 heterocycles. The molecule has 0 aliphatic carbocycles. The van der Waals surface area contributed by atoms with Crippen LogP contribution in [0.3, 0.4) is 0 Å². The van der Waals surface area contributed by atoms with Gasteiger partial charge < -0.3 is 4.74 Å². The molecular weight excluding hydrogens is 360 g/mol.